The number of nitrogens with one attached hydrogen (secondary N) is 3. The molecule has 2 aliphatic heterocycles. The van der Waals surface area contributed by atoms with Crippen molar-refractivity contribution in [1.82, 2.24) is 10.6 Å². The van der Waals surface area contributed by atoms with Gasteiger partial charge in [-0.3, -0.25) is 14.9 Å². The van der Waals surface area contributed by atoms with Crippen LogP contribution in [0.5, 0.6) is 0 Å². The second kappa shape index (κ2) is 6.82. The highest BCUT2D eigenvalue weighted by Crippen LogP contribution is 2.47. The number of anilines is 1. The van der Waals surface area contributed by atoms with Crippen molar-refractivity contribution in [2.75, 3.05) is 5.32 Å². The largest absolute Gasteiger partial charge is 0.352 e. The number of hydrogen-bond donors (Lipinski definition) is 3. The first-order valence-electron chi connectivity index (χ1n) is 9.52. The summed E-state index contributed by atoms with van der Waals surface area (Å²) < 4.78 is 0. The summed E-state index contributed by atoms with van der Waals surface area (Å²) in [7, 11) is 0. The fourth-order valence-corrected chi connectivity index (χ4v) is 4.30. The monoisotopic (exact) mass is 363 g/mol. The van der Waals surface area contributed by atoms with E-state index in [9.17, 15) is 9.59 Å². The van der Waals surface area contributed by atoms with Gasteiger partial charge in [-0.15, -0.1) is 0 Å². The van der Waals surface area contributed by atoms with Gasteiger partial charge in [-0.2, -0.15) is 0 Å². The predicted octanol–water partition coefficient (Wildman–Crippen LogP) is 2.78. The smallest absolute Gasteiger partial charge is 0.250 e. The van der Waals surface area contributed by atoms with Crippen LogP contribution >= 0.6 is 0 Å². The minimum Gasteiger partial charge on any atom is -0.352 e. The van der Waals surface area contributed by atoms with Crippen molar-refractivity contribution in [1.29, 1.82) is 0 Å². The molecule has 0 bridgehead atoms. The molecule has 2 aliphatic rings. The summed E-state index contributed by atoms with van der Waals surface area (Å²) in [6, 6.07) is 17.6. The first-order valence-corrected chi connectivity index (χ1v) is 9.52. The third kappa shape index (κ3) is 2.92. The average molecular weight is 363 g/mol. The molecule has 27 heavy (non-hydrogen) atoms. The molecule has 2 aromatic rings. The third-order valence-electron chi connectivity index (χ3n) is 5.81. The molecule has 140 valence electrons. The number of para-hydroxylation sites is 1. The Labute approximate surface area is 159 Å². The molecule has 2 aromatic carbocycles. The van der Waals surface area contributed by atoms with Gasteiger partial charge in [-0.05, 0) is 24.0 Å². The number of carbonyl (C=O) groups excluding carboxylic acids is 2. The lowest BCUT2D eigenvalue weighted by Gasteiger charge is -2.29. The van der Waals surface area contributed by atoms with Gasteiger partial charge in [0, 0.05) is 23.8 Å². The van der Waals surface area contributed by atoms with Crippen LogP contribution in [-0.2, 0) is 21.7 Å². The van der Waals surface area contributed by atoms with Gasteiger partial charge in [0.15, 0.2) is 0 Å². The molecule has 0 aromatic heterocycles. The van der Waals surface area contributed by atoms with Gasteiger partial charge in [0.25, 0.3) is 0 Å². The van der Waals surface area contributed by atoms with Crippen LogP contribution in [-0.4, -0.2) is 17.9 Å². The number of amides is 2. The van der Waals surface area contributed by atoms with Crippen molar-refractivity contribution in [3.63, 3.8) is 0 Å². The van der Waals surface area contributed by atoms with Crippen LogP contribution in [0.3, 0.4) is 0 Å². The molecule has 1 fully saturated rings. The van der Waals surface area contributed by atoms with Crippen LogP contribution in [0.1, 0.15) is 31.4 Å². The SMILES string of the molecule is CC(C)[C@H]1C[C@@H](C(=O)NCc2ccccc2)[C@]2(N1)C(=O)Nc1ccccc12. The Morgan fingerprint density at radius 1 is 1.15 bits per heavy atom. The zero-order chi connectivity index (χ0) is 19.0. The fraction of sp³-hybridized carbons (Fsp3) is 0.364. The standard InChI is InChI=1S/C22H25N3O2/c1-14(2)19-12-17(20(26)23-13-15-8-4-3-5-9-15)22(25-19)16-10-6-7-11-18(16)24-21(22)27/h3-11,14,17,19,25H,12-13H2,1-2H3,(H,23,26)(H,24,27)/t17-,19+,22-/m0/s1. The van der Waals surface area contributed by atoms with Gasteiger partial charge >= 0.3 is 0 Å². The lowest BCUT2D eigenvalue weighted by atomic mass is 9.79. The Balaban J connectivity index is 1.65. The third-order valence-corrected chi connectivity index (χ3v) is 5.81. The molecule has 0 aliphatic carbocycles. The highest BCUT2D eigenvalue weighted by Gasteiger charge is 2.60. The van der Waals surface area contributed by atoms with E-state index in [1.165, 1.54) is 0 Å². The van der Waals surface area contributed by atoms with Crippen LogP contribution in [0.15, 0.2) is 54.6 Å². The molecule has 5 nitrogen and oxygen atoms in total. The Kier molecular flexibility index (Phi) is 4.48. The number of benzene rings is 2. The van der Waals surface area contributed by atoms with Crippen LogP contribution in [0.4, 0.5) is 5.69 Å². The van der Waals surface area contributed by atoms with Crippen molar-refractivity contribution < 1.29 is 9.59 Å². The van der Waals surface area contributed by atoms with E-state index < -0.39 is 11.5 Å². The van der Waals surface area contributed by atoms with Crippen molar-refractivity contribution in [2.45, 2.75) is 38.4 Å². The second-order valence-corrected chi connectivity index (χ2v) is 7.79. The highest BCUT2D eigenvalue weighted by atomic mass is 16.2. The zero-order valence-electron chi connectivity index (χ0n) is 15.7. The molecule has 1 spiro atoms. The van der Waals surface area contributed by atoms with E-state index >= 15 is 0 Å². The number of rotatable bonds is 4. The minimum absolute atomic E-state index is 0.0821. The van der Waals surface area contributed by atoms with Gasteiger partial charge in [0.2, 0.25) is 11.8 Å². The maximum absolute atomic E-state index is 13.2. The van der Waals surface area contributed by atoms with E-state index in [4.69, 9.17) is 0 Å². The molecule has 0 radical (unpaired) electrons. The molecule has 1 saturated heterocycles. The summed E-state index contributed by atoms with van der Waals surface area (Å²) in [4.78, 5) is 26.2. The molecule has 3 atom stereocenters. The summed E-state index contributed by atoms with van der Waals surface area (Å²) in [5.41, 5.74) is 1.72. The molecular weight excluding hydrogens is 338 g/mol. The lowest BCUT2D eigenvalue weighted by Crippen LogP contribution is -2.53. The molecule has 0 saturated carbocycles. The van der Waals surface area contributed by atoms with E-state index in [0.29, 0.717) is 18.9 Å². The Hall–Kier alpha value is -2.66. The topological polar surface area (TPSA) is 70.2 Å². The maximum Gasteiger partial charge on any atom is 0.250 e. The molecule has 0 unspecified atom stereocenters. The zero-order valence-corrected chi connectivity index (χ0v) is 15.7. The van der Waals surface area contributed by atoms with Crippen LogP contribution < -0.4 is 16.0 Å². The summed E-state index contributed by atoms with van der Waals surface area (Å²) >= 11 is 0. The second-order valence-electron chi connectivity index (χ2n) is 7.79. The summed E-state index contributed by atoms with van der Waals surface area (Å²) in [6.07, 6.45) is 0.639. The number of carbonyl (C=O) groups is 2. The van der Waals surface area contributed by atoms with Gasteiger partial charge in [-0.1, -0.05) is 62.4 Å². The Morgan fingerprint density at radius 3 is 2.59 bits per heavy atom. The Morgan fingerprint density at radius 2 is 1.85 bits per heavy atom. The molecular formula is C22H25N3O2. The van der Waals surface area contributed by atoms with Crippen LogP contribution in [0, 0.1) is 11.8 Å². The predicted molar refractivity (Wildman–Crippen MR) is 105 cm³/mol. The van der Waals surface area contributed by atoms with Gasteiger partial charge in [0.1, 0.15) is 5.54 Å². The van der Waals surface area contributed by atoms with Crippen LogP contribution in [0.2, 0.25) is 0 Å². The van der Waals surface area contributed by atoms with Crippen molar-refractivity contribution in [3.8, 4) is 0 Å². The van der Waals surface area contributed by atoms with E-state index in [0.717, 1.165) is 16.8 Å². The lowest BCUT2D eigenvalue weighted by molar-refractivity contribution is -0.133. The van der Waals surface area contributed by atoms with Gasteiger partial charge < -0.3 is 10.6 Å². The first kappa shape index (κ1) is 17.7. The quantitative estimate of drug-likeness (QED) is 0.782. The summed E-state index contributed by atoms with van der Waals surface area (Å²) in [5, 5.41) is 9.54. The van der Waals surface area contributed by atoms with Gasteiger partial charge in [0.05, 0.1) is 5.92 Å². The normalized spacial score (nSPS) is 26.3. The molecule has 2 heterocycles. The van der Waals surface area contributed by atoms with Crippen molar-refractivity contribution in [3.05, 3.63) is 65.7 Å². The summed E-state index contributed by atoms with van der Waals surface area (Å²) in [6.45, 7) is 4.70. The molecule has 2 amide bonds. The number of hydrogen-bond acceptors (Lipinski definition) is 3. The highest BCUT2D eigenvalue weighted by molar-refractivity contribution is 6.09. The van der Waals surface area contributed by atoms with Crippen molar-refractivity contribution in [2.24, 2.45) is 11.8 Å². The molecule has 3 N–H and O–H groups in total. The fourth-order valence-electron chi connectivity index (χ4n) is 4.30. The minimum atomic E-state index is -0.994. The van der Waals surface area contributed by atoms with E-state index in [2.05, 4.69) is 29.8 Å². The molecule has 4 rings (SSSR count). The van der Waals surface area contributed by atoms with E-state index in [1.807, 2.05) is 54.6 Å². The molecule has 5 heteroatoms. The van der Waals surface area contributed by atoms with Crippen molar-refractivity contribution >= 4 is 17.5 Å². The average Bonchev–Trinajstić information content (AvgIpc) is 3.21. The van der Waals surface area contributed by atoms with E-state index in [-0.39, 0.29) is 17.9 Å². The Bertz CT molecular complexity index is 865. The van der Waals surface area contributed by atoms with Crippen LogP contribution in [0.25, 0.3) is 0 Å². The first-order chi connectivity index (χ1) is 13.0. The summed E-state index contributed by atoms with van der Waals surface area (Å²) in [5.74, 6) is -0.334. The van der Waals surface area contributed by atoms with Gasteiger partial charge in [-0.25, -0.2) is 0 Å². The van der Waals surface area contributed by atoms with E-state index in [1.54, 1.807) is 0 Å². The number of fused-ring (bicyclic) bond motifs is 2. The maximum atomic E-state index is 13.2.